The van der Waals surface area contributed by atoms with E-state index in [-0.39, 0.29) is 5.91 Å². The summed E-state index contributed by atoms with van der Waals surface area (Å²) >= 11 is 0. The molecule has 1 N–H and O–H groups in total. The van der Waals surface area contributed by atoms with Gasteiger partial charge in [-0.1, -0.05) is 18.6 Å². The van der Waals surface area contributed by atoms with Gasteiger partial charge in [0, 0.05) is 19.1 Å². The first-order valence-corrected chi connectivity index (χ1v) is 7.48. The predicted molar refractivity (Wildman–Crippen MR) is 74.4 cm³/mol. The van der Waals surface area contributed by atoms with E-state index >= 15 is 0 Å². The van der Waals surface area contributed by atoms with E-state index in [1.54, 1.807) is 0 Å². The third-order valence-electron chi connectivity index (χ3n) is 4.24. The Morgan fingerprint density at radius 1 is 1.50 bits per heavy atom. The molecule has 1 heterocycles. The van der Waals surface area contributed by atoms with Crippen LogP contribution in [-0.2, 0) is 4.79 Å². The summed E-state index contributed by atoms with van der Waals surface area (Å²) in [4.78, 5) is 14.1. The van der Waals surface area contributed by atoms with Gasteiger partial charge in [-0.2, -0.15) is 0 Å². The highest BCUT2D eigenvalue weighted by molar-refractivity contribution is 5.78. The first-order valence-electron chi connectivity index (χ1n) is 7.48. The van der Waals surface area contributed by atoms with Crippen molar-refractivity contribution in [2.75, 3.05) is 19.6 Å². The van der Waals surface area contributed by atoms with Crippen LogP contribution in [0.25, 0.3) is 0 Å². The molecule has 1 unspecified atom stereocenters. The van der Waals surface area contributed by atoms with Gasteiger partial charge in [0.25, 0.3) is 0 Å². The lowest BCUT2D eigenvalue weighted by Gasteiger charge is -2.39. The van der Waals surface area contributed by atoms with Crippen molar-refractivity contribution in [3.05, 3.63) is 11.6 Å². The highest BCUT2D eigenvalue weighted by atomic mass is 16.2. The van der Waals surface area contributed by atoms with Gasteiger partial charge >= 0.3 is 0 Å². The molecule has 18 heavy (non-hydrogen) atoms. The lowest BCUT2D eigenvalue weighted by atomic mass is 9.97. The standard InChI is InChI=1S/C15H26N2O/c1-2-14-9-11-17(14)12-15(18)16-10-8-13-6-4-3-5-7-13/h6,14H,2-5,7-12H2,1H3,(H,16,18). The molecule has 1 aliphatic heterocycles. The Bertz CT molecular complexity index is 310. The van der Waals surface area contributed by atoms with Crippen LogP contribution in [0.15, 0.2) is 11.6 Å². The van der Waals surface area contributed by atoms with Crippen molar-refractivity contribution in [1.82, 2.24) is 10.2 Å². The van der Waals surface area contributed by atoms with Crippen LogP contribution in [0.3, 0.4) is 0 Å². The van der Waals surface area contributed by atoms with Crippen LogP contribution < -0.4 is 5.32 Å². The highest BCUT2D eigenvalue weighted by Gasteiger charge is 2.27. The molecule has 0 saturated carbocycles. The van der Waals surface area contributed by atoms with Crippen LogP contribution >= 0.6 is 0 Å². The Kier molecular flexibility index (Phi) is 5.24. The fraction of sp³-hybridized carbons (Fsp3) is 0.800. The summed E-state index contributed by atoms with van der Waals surface area (Å²) in [5.74, 6) is 0.199. The van der Waals surface area contributed by atoms with E-state index in [1.165, 1.54) is 44.1 Å². The predicted octanol–water partition coefficient (Wildman–Crippen LogP) is 2.48. The third-order valence-corrected chi connectivity index (χ3v) is 4.24. The Morgan fingerprint density at radius 2 is 2.39 bits per heavy atom. The zero-order valence-corrected chi connectivity index (χ0v) is 11.6. The summed E-state index contributed by atoms with van der Waals surface area (Å²) in [6.07, 6.45) is 11.0. The van der Waals surface area contributed by atoms with E-state index in [0.29, 0.717) is 12.6 Å². The van der Waals surface area contributed by atoms with Gasteiger partial charge in [0.1, 0.15) is 0 Å². The molecule has 0 aromatic carbocycles. The maximum absolute atomic E-state index is 11.8. The molecular weight excluding hydrogens is 224 g/mol. The molecule has 1 atom stereocenters. The largest absolute Gasteiger partial charge is 0.355 e. The molecule has 3 heteroatoms. The minimum Gasteiger partial charge on any atom is -0.355 e. The first-order chi connectivity index (χ1) is 8.79. The van der Waals surface area contributed by atoms with Gasteiger partial charge < -0.3 is 5.32 Å². The van der Waals surface area contributed by atoms with E-state index in [0.717, 1.165) is 19.5 Å². The van der Waals surface area contributed by atoms with E-state index in [9.17, 15) is 4.79 Å². The molecule has 1 amide bonds. The van der Waals surface area contributed by atoms with E-state index < -0.39 is 0 Å². The monoisotopic (exact) mass is 250 g/mol. The van der Waals surface area contributed by atoms with E-state index in [2.05, 4.69) is 23.2 Å². The smallest absolute Gasteiger partial charge is 0.234 e. The van der Waals surface area contributed by atoms with Gasteiger partial charge in [0.2, 0.25) is 5.91 Å². The number of amides is 1. The molecule has 1 saturated heterocycles. The molecule has 1 aliphatic carbocycles. The number of carbonyl (C=O) groups is 1. The van der Waals surface area contributed by atoms with Gasteiger partial charge in [-0.15, -0.1) is 0 Å². The molecular formula is C15H26N2O. The summed E-state index contributed by atoms with van der Waals surface area (Å²) in [5, 5.41) is 3.05. The van der Waals surface area contributed by atoms with Crippen molar-refractivity contribution in [3.8, 4) is 0 Å². The second-order valence-corrected chi connectivity index (χ2v) is 5.53. The molecule has 0 radical (unpaired) electrons. The van der Waals surface area contributed by atoms with Crippen molar-refractivity contribution < 1.29 is 4.79 Å². The number of nitrogens with one attached hydrogen (secondary N) is 1. The average molecular weight is 250 g/mol. The summed E-state index contributed by atoms with van der Waals surface area (Å²) in [7, 11) is 0. The van der Waals surface area contributed by atoms with Crippen LogP contribution in [0.5, 0.6) is 0 Å². The maximum atomic E-state index is 11.8. The number of hydrogen-bond donors (Lipinski definition) is 1. The van der Waals surface area contributed by atoms with Crippen LogP contribution in [-0.4, -0.2) is 36.5 Å². The lowest BCUT2D eigenvalue weighted by Crippen LogP contribution is -2.51. The van der Waals surface area contributed by atoms with Crippen LogP contribution in [0.1, 0.15) is 51.9 Å². The van der Waals surface area contributed by atoms with Crippen molar-refractivity contribution in [2.45, 2.75) is 57.9 Å². The summed E-state index contributed by atoms with van der Waals surface area (Å²) in [5.41, 5.74) is 1.54. The van der Waals surface area contributed by atoms with E-state index in [4.69, 9.17) is 0 Å². The van der Waals surface area contributed by atoms with Crippen LogP contribution in [0.4, 0.5) is 0 Å². The second kappa shape index (κ2) is 6.93. The normalized spacial score (nSPS) is 24.3. The number of carbonyl (C=O) groups excluding carboxylic acids is 1. The summed E-state index contributed by atoms with van der Waals surface area (Å²) in [6, 6.07) is 0.650. The summed E-state index contributed by atoms with van der Waals surface area (Å²) in [6.45, 7) is 4.70. The topological polar surface area (TPSA) is 32.3 Å². The number of allylic oxidation sites excluding steroid dienone is 1. The Hall–Kier alpha value is -0.830. The number of nitrogens with zero attached hydrogens (tertiary/aromatic N) is 1. The second-order valence-electron chi connectivity index (χ2n) is 5.53. The SMILES string of the molecule is CCC1CCN1CC(=O)NCCC1=CCCCC1. The van der Waals surface area contributed by atoms with Gasteiger partial charge in [0.05, 0.1) is 6.54 Å². The van der Waals surface area contributed by atoms with E-state index in [1.807, 2.05) is 0 Å². The highest BCUT2D eigenvalue weighted by Crippen LogP contribution is 2.20. The zero-order chi connectivity index (χ0) is 12.8. The maximum Gasteiger partial charge on any atom is 0.234 e. The fourth-order valence-electron chi connectivity index (χ4n) is 2.90. The van der Waals surface area contributed by atoms with Gasteiger partial charge in [-0.3, -0.25) is 9.69 Å². The van der Waals surface area contributed by atoms with Crippen molar-refractivity contribution >= 4 is 5.91 Å². The molecule has 0 bridgehead atoms. The van der Waals surface area contributed by atoms with Crippen LogP contribution in [0.2, 0.25) is 0 Å². The van der Waals surface area contributed by atoms with Crippen molar-refractivity contribution in [1.29, 1.82) is 0 Å². The molecule has 1 fully saturated rings. The number of hydrogen-bond acceptors (Lipinski definition) is 2. The Balaban J connectivity index is 1.58. The molecule has 2 aliphatic rings. The Labute approximate surface area is 111 Å². The zero-order valence-electron chi connectivity index (χ0n) is 11.6. The number of likely N-dealkylation sites (tertiary alicyclic amines) is 1. The minimum absolute atomic E-state index is 0.199. The van der Waals surface area contributed by atoms with Gasteiger partial charge in [-0.25, -0.2) is 0 Å². The summed E-state index contributed by atoms with van der Waals surface area (Å²) < 4.78 is 0. The quantitative estimate of drug-likeness (QED) is 0.735. The fourth-order valence-corrected chi connectivity index (χ4v) is 2.90. The minimum atomic E-state index is 0.199. The average Bonchev–Trinajstić information content (AvgIpc) is 2.37. The number of rotatable bonds is 6. The molecule has 0 aromatic rings. The Morgan fingerprint density at radius 3 is 3.00 bits per heavy atom. The first kappa shape index (κ1) is 13.6. The van der Waals surface area contributed by atoms with Gasteiger partial charge in [0.15, 0.2) is 0 Å². The molecule has 102 valence electrons. The lowest BCUT2D eigenvalue weighted by molar-refractivity contribution is -0.124. The third kappa shape index (κ3) is 3.84. The van der Waals surface area contributed by atoms with Crippen LogP contribution in [0, 0.1) is 0 Å². The molecule has 0 spiro atoms. The molecule has 0 aromatic heterocycles. The molecule has 2 rings (SSSR count). The van der Waals surface area contributed by atoms with Gasteiger partial charge in [-0.05, 0) is 44.9 Å². The molecule has 3 nitrogen and oxygen atoms in total. The van der Waals surface area contributed by atoms with Crippen molar-refractivity contribution in [2.24, 2.45) is 0 Å². The van der Waals surface area contributed by atoms with Crippen molar-refractivity contribution in [3.63, 3.8) is 0 Å².